The van der Waals surface area contributed by atoms with E-state index in [1.165, 1.54) is 7.28 Å². The lowest BCUT2D eigenvalue weighted by molar-refractivity contribution is 0.592. The first-order valence-electron chi connectivity index (χ1n) is 3.91. The average molecular weight is 160 g/mol. The minimum absolute atomic E-state index is 0.424. The van der Waals surface area contributed by atoms with E-state index in [1.807, 2.05) is 0 Å². The van der Waals surface area contributed by atoms with Crippen molar-refractivity contribution in [3.05, 3.63) is 0 Å². The lowest BCUT2D eigenvalue weighted by Crippen LogP contribution is -2.14. The van der Waals surface area contributed by atoms with Gasteiger partial charge in [0.2, 0.25) is 0 Å². The molecule has 0 saturated carbocycles. The van der Waals surface area contributed by atoms with Gasteiger partial charge < -0.3 is 0 Å². The largest absolute Gasteiger partial charge is 0.229 e. The molecule has 1 aliphatic rings. The molecule has 0 radical (unpaired) electrons. The standard InChI is InChI=1S/C6H13BO2S/c8-10(9)5-1-3-7-4-2-6-10/h7H,1-6H2. The van der Waals surface area contributed by atoms with Crippen LogP contribution in [-0.2, 0) is 9.84 Å². The van der Waals surface area contributed by atoms with Gasteiger partial charge in [-0.3, -0.25) is 0 Å². The van der Waals surface area contributed by atoms with Crippen LogP contribution in [0.5, 0.6) is 0 Å². The van der Waals surface area contributed by atoms with Crippen LogP contribution < -0.4 is 0 Å². The Kier molecular flexibility index (Phi) is 2.77. The van der Waals surface area contributed by atoms with Crippen molar-refractivity contribution < 1.29 is 8.42 Å². The molecule has 0 aromatic heterocycles. The maximum Gasteiger partial charge on any atom is 0.150 e. The Morgan fingerprint density at radius 3 is 2.00 bits per heavy atom. The molecule has 0 spiro atoms. The zero-order chi connectivity index (χ0) is 7.45. The molecule has 58 valence electrons. The summed E-state index contributed by atoms with van der Waals surface area (Å²) in [6, 6.07) is 0. The van der Waals surface area contributed by atoms with E-state index in [1.54, 1.807) is 0 Å². The van der Waals surface area contributed by atoms with E-state index in [4.69, 9.17) is 0 Å². The number of hydrogen-bond acceptors (Lipinski definition) is 2. The molecule has 1 fully saturated rings. The number of hydrogen-bond donors (Lipinski definition) is 0. The molecule has 2 nitrogen and oxygen atoms in total. The highest BCUT2D eigenvalue weighted by Crippen LogP contribution is 2.07. The Bertz CT molecular complexity index is 172. The summed E-state index contributed by atoms with van der Waals surface area (Å²) in [4.78, 5) is 0. The second-order valence-corrected chi connectivity index (χ2v) is 5.22. The van der Waals surface area contributed by atoms with Crippen molar-refractivity contribution in [2.45, 2.75) is 25.5 Å². The van der Waals surface area contributed by atoms with Gasteiger partial charge in [-0.2, -0.15) is 0 Å². The average Bonchev–Trinajstić information content (AvgIpc) is 1.81. The first kappa shape index (κ1) is 8.11. The summed E-state index contributed by atoms with van der Waals surface area (Å²) in [7, 11) is -1.42. The fraction of sp³-hybridized carbons (Fsp3) is 1.00. The summed E-state index contributed by atoms with van der Waals surface area (Å²) >= 11 is 0. The minimum atomic E-state index is -2.64. The quantitative estimate of drug-likeness (QED) is 0.482. The molecule has 0 N–H and O–H groups in total. The van der Waals surface area contributed by atoms with Crippen LogP contribution >= 0.6 is 0 Å². The topological polar surface area (TPSA) is 34.1 Å². The summed E-state index contributed by atoms with van der Waals surface area (Å²) in [5.41, 5.74) is 0. The molecular weight excluding hydrogens is 147 g/mol. The van der Waals surface area contributed by atoms with E-state index in [2.05, 4.69) is 0 Å². The molecule has 1 saturated heterocycles. The maximum absolute atomic E-state index is 11.0. The van der Waals surface area contributed by atoms with Crippen molar-refractivity contribution in [2.75, 3.05) is 11.5 Å². The van der Waals surface area contributed by atoms with Gasteiger partial charge in [-0.05, 0) is 12.8 Å². The Morgan fingerprint density at radius 2 is 1.50 bits per heavy atom. The third-order valence-electron chi connectivity index (χ3n) is 1.91. The maximum atomic E-state index is 11.0. The Morgan fingerprint density at radius 1 is 1.00 bits per heavy atom. The van der Waals surface area contributed by atoms with Crippen molar-refractivity contribution in [1.82, 2.24) is 0 Å². The lowest BCUT2D eigenvalue weighted by Gasteiger charge is -2.06. The molecule has 1 aliphatic heterocycles. The summed E-state index contributed by atoms with van der Waals surface area (Å²) in [6.45, 7) is 0. The zero-order valence-corrected chi connectivity index (χ0v) is 6.99. The summed E-state index contributed by atoms with van der Waals surface area (Å²) in [6.07, 6.45) is 3.95. The molecule has 4 heteroatoms. The second kappa shape index (κ2) is 3.42. The molecule has 0 amide bonds. The van der Waals surface area contributed by atoms with E-state index in [0.29, 0.717) is 11.5 Å². The van der Waals surface area contributed by atoms with E-state index in [0.717, 1.165) is 25.5 Å². The summed E-state index contributed by atoms with van der Waals surface area (Å²) < 4.78 is 22.0. The highest BCUT2D eigenvalue weighted by Gasteiger charge is 2.12. The normalized spacial score (nSPS) is 26.0. The fourth-order valence-electron chi connectivity index (χ4n) is 1.28. The zero-order valence-electron chi connectivity index (χ0n) is 6.17. The van der Waals surface area contributed by atoms with E-state index in [-0.39, 0.29) is 0 Å². The van der Waals surface area contributed by atoms with Crippen LogP contribution in [0, 0.1) is 0 Å². The predicted molar refractivity (Wildman–Crippen MR) is 44.7 cm³/mol. The Balaban J connectivity index is 2.46. The molecule has 1 heterocycles. The van der Waals surface area contributed by atoms with Gasteiger partial charge in [-0.1, -0.05) is 12.6 Å². The van der Waals surface area contributed by atoms with E-state index >= 15 is 0 Å². The lowest BCUT2D eigenvalue weighted by atomic mass is 9.69. The van der Waals surface area contributed by atoms with Gasteiger partial charge in [-0.25, -0.2) is 8.42 Å². The van der Waals surface area contributed by atoms with Crippen molar-refractivity contribution in [3.8, 4) is 0 Å². The number of sulfone groups is 1. The van der Waals surface area contributed by atoms with Crippen molar-refractivity contribution in [3.63, 3.8) is 0 Å². The summed E-state index contributed by atoms with van der Waals surface area (Å²) in [5, 5.41) is 0. The van der Waals surface area contributed by atoms with Crippen LogP contribution in [0.3, 0.4) is 0 Å². The molecule has 10 heavy (non-hydrogen) atoms. The Labute approximate surface area is 63.2 Å². The van der Waals surface area contributed by atoms with Gasteiger partial charge in [0.15, 0.2) is 0 Å². The Hall–Kier alpha value is 0.0149. The van der Waals surface area contributed by atoms with Gasteiger partial charge in [0, 0.05) is 11.5 Å². The van der Waals surface area contributed by atoms with Crippen LogP contribution in [-0.4, -0.2) is 27.2 Å². The smallest absolute Gasteiger partial charge is 0.150 e. The molecule has 1 rings (SSSR count). The van der Waals surface area contributed by atoms with Crippen LogP contribution in [0.25, 0.3) is 0 Å². The second-order valence-electron chi connectivity index (χ2n) is 2.92. The molecule has 0 aliphatic carbocycles. The van der Waals surface area contributed by atoms with Gasteiger partial charge in [0.05, 0.1) is 0 Å². The molecule has 0 aromatic rings. The van der Waals surface area contributed by atoms with Crippen molar-refractivity contribution >= 4 is 17.1 Å². The third kappa shape index (κ3) is 2.73. The summed E-state index contributed by atoms with van der Waals surface area (Å²) in [5.74, 6) is 0.847. The van der Waals surface area contributed by atoms with E-state index < -0.39 is 9.84 Å². The highest BCUT2D eigenvalue weighted by atomic mass is 32.2. The van der Waals surface area contributed by atoms with E-state index in [9.17, 15) is 8.42 Å². The molecule has 0 unspecified atom stereocenters. The van der Waals surface area contributed by atoms with Crippen molar-refractivity contribution in [1.29, 1.82) is 0 Å². The van der Waals surface area contributed by atoms with Gasteiger partial charge in [0.25, 0.3) is 0 Å². The molecule has 0 atom stereocenters. The number of rotatable bonds is 0. The first-order chi connectivity index (χ1) is 4.71. The van der Waals surface area contributed by atoms with Crippen molar-refractivity contribution in [2.24, 2.45) is 0 Å². The van der Waals surface area contributed by atoms with Gasteiger partial charge in [0.1, 0.15) is 17.1 Å². The SMILES string of the molecule is O=S1(=O)CCCBCCC1. The molecule has 0 aromatic carbocycles. The molecule has 0 bridgehead atoms. The van der Waals surface area contributed by atoms with Crippen LogP contribution in [0.4, 0.5) is 0 Å². The predicted octanol–water partition coefficient (Wildman–Crippen LogP) is 0.468. The monoisotopic (exact) mass is 160 g/mol. The fourth-order valence-corrected chi connectivity index (χ4v) is 2.77. The highest BCUT2D eigenvalue weighted by molar-refractivity contribution is 7.91. The van der Waals surface area contributed by atoms with Crippen LogP contribution in [0.1, 0.15) is 12.8 Å². The third-order valence-corrected chi connectivity index (χ3v) is 3.73. The van der Waals surface area contributed by atoms with Crippen LogP contribution in [0.2, 0.25) is 12.6 Å². The minimum Gasteiger partial charge on any atom is -0.229 e. The molecular formula is C6H13BO2S. The first-order valence-corrected chi connectivity index (χ1v) is 5.73. The van der Waals surface area contributed by atoms with Gasteiger partial charge >= 0.3 is 0 Å². The van der Waals surface area contributed by atoms with Crippen LogP contribution in [0.15, 0.2) is 0 Å². The van der Waals surface area contributed by atoms with Gasteiger partial charge in [-0.15, -0.1) is 0 Å².